The molecule has 0 spiro atoms. The first-order valence-electron chi connectivity index (χ1n) is 6.52. The average molecular weight is 264 g/mol. The minimum absolute atomic E-state index is 0.910. The lowest BCUT2D eigenvalue weighted by Gasteiger charge is -2.02. The lowest BCUT2D eigenvalue weighted by Crippen LogP contribution is -2.12. The van der Waals surface area contributed by atoms with Gasteiger partial charge in [0.15, 0.2) is 0 Å². The number of aromatic nitrogens is 3. The summed E-state index contributed by atoms with van der Waals surface area (Å²) in [4.78, 5) is 5.78. The van der Waals surface area contributed by atoms with Crippen LogP contribution in [0.1, 0.15) is 31.6 Å². The van der Waals surface area contributed by atoms with Crippen molar-refractivity contribution in [1.82, 2.24) is 20.1 Å². The first kappa shape index (κ1) is 13.2. The molecule has 4 nitrogen and oxygen atoms in total. The van der Waals surface area contributed by atoms with Gasteiger partial charge in [-0.25, -0.2) is 4.98 Å². The molecule has 0 atom stereocenters. The van der Waals surface area contributed by atoms with Gasteiger partial charge in [0.1, 0.15) is 5.01 Å². The molecule has 0 bridgehead atoms. The van der Waals surface area contributed by atoms with Crippen molar-refractivity contribution >= 4 is 11.3 Å². The maximum absolute atomic E-state index is 4.50. The molecule has 0 aliphatic rings. The highest BCUT2D eigenvalue weighted by atomic mass is 32.1. The fourth-order valence-corrected chi connectivity index (χ4v) is 2.71. The Balaban J connectivity index is 2.06. The van der Waals surface area contributed by atoms with Crippen molar-refractivity contribution in [2.24, 2.45) is 0 Å². The molecule has 0 amide bonds. The molecule has 0 aromatic carbocycles. The van der Waals surface area contributed by atoms with Gasteiger partial charge in [-0.15, -0.1) is 11.3 Å². The van der Waals surface area contributed by atoms with Gasteiger partial charge in [-0.3, -0.25) is 4.68 Å². The van der Waals surface area contributed by atoms with Crippen LogP contribution in [-0.4, -0.2) is 21.3 Å². The second-order valence-electron chi connectivity index (χ2n) is 4.25. The first-order valence-corrected chi connectivity index (χ1v) is 7.34. The average Bonchev–Trinajstić information content (AvgIpc) is 2.98. The third-order valence-corrected chi connectivity index (χ3v) is 3.67. The van der Waals surface area contributed by atoms with E-state index in [0.717, 1.165) is 43.2 Å². The van der Waals surface area contributed by atoms with Gasteiger partial charge in [-0.2, -0.15) is 5.10 Å². The number of nitrogens with zero attached hydrogens (tertiary/aromatic N) is 3. The van der Waals surface area contributed by atoms with Crippen molar-refractivity contribution in [1.29, 1.82) is 0 Å². The van der Waals surface area contributed by atoms with Crippen molar-refractivity contribution in [2.45, 2.75) is 39.8 Å². The van der Waals surface area contributed by atoms with E-state index in [9.17, 15) is 0 Å². The SMILES string of the molecule is CCCNCc1cnc(-c2ccnn2CCC)s1. The Morgan fingerprint density at radius 2 is 2.22 bits per heavy atom. The Kier molecular flexibility index (Phi) is 4.90. The van der Waals surface area contributed by atoms with Crippen molar-refractivity contribution in [2.75, 3.05) is 6.54 Å². The van der Waals surface area contributed by atoms with Crippen molar-refractivity contribution < 1.29 is 0 Å². The van der Waals surface area contributed by atoms with Crippen LogP contribution in [0.2, 0.25) is 0 Å². The van der Waals surface area contributed by atoms with E-state index in [1.807, 2.05) is 23.1 Å². The Morgan fingerprint density at radius 1 is 1.33 bits per heavy atom. The Hall–Kier alpha value is -1.20. The molecular weight excluding hydrogens is 244 g/mol. The quantitative estimate of drug-likeness (QED) is 0.782. The first-order chi connectivity index (χ1) is 8.85. The third-order valence-electron chi connectivity index (χ3n) is 2.65. The second-order valence-corrected chi connectivity index (χ2v) is 5.36. The van der Waals surface area contributed by atoms with E-state index in [1.54, 1.807) is 11.3 Å². The minimum Gasteiger partial charge on any atom is -0.312 e. The zero-order valence-electron chi connectivity index (χ0n) is 11.0. The summed E-state index contributed by atoms with van der Waals surface area (Å²) in [6.45, 7) is 7.25. The van der Waals surface area contributed by atoms with Crippen LogP contribution < -0.4 is 5.32 Å². The molecule has 5 heteroatoms. The number of aryl methyl sites for hydroxylation is 1. The number of thiazole rings is 1. The van der Waals surface area contributed by atoms with Crippen molar-refractivity contribution in [3.05, 3.63) is 23.3 Å². The molecule has 1 N–H and O–H groups in total. The fourth-order valence-electron chi connectivity index (χ4n) is 1.80. The maximum Gasteiger partial charge on any atom is 0.141 e. The van der Waals surface area contributed by atoms with Crippen LogP contribution in [0, 0.1) is 0 Å². The summed E-state index contributed by atoms with van der Waals surface area (Å²) in [5.74, 6) is 0. The molecule has 0 unspecified atom stereocenters. The molecule has 0 saturated heterocycles. The predicted molar refractivity (Wildman–Crippen MR) is 75.6 cm³/mol. The zero-order chi connectivity index (χ0) is 12.8. The topological polar surface area (TPSA) is 42.7 Å². The molecule has 0 saturated carbocycles. The normalized spacial score (nSPS) is 11.0. The van der Waals surface area contributed by atoms with E-state index in [0.29, 0.717) is 0 Å². The van der Waals surface area contributed by atoms with Crippen LogP contribution in [0.15, 0.2) is 18.5 Å². The molecule has 0 radical (unpaired) electrons. The predicted octanol–water partition coefficient (Wildman–Crippen LogP) is 2.92. The third kappa shape index (κ3) is 3.17. The Bertz CT molecular complexity index is 475. The van der Waals surface area contributed by atoms with Gasteiger partial charge in [-0.1, -0.05) is 13.8 Å². The van der Waals surface area contributed by atoms with E-state index in [4.69, 9.17) is 0 Å². The summed E-state index contributed by atoms with van der Waals surface area (Å²) in [6, 6.07) is 2.04. The summed E-state index contributed by atoms with van der Waals surface area (Å²) >= 11 is 1.75. The molecule has 18 heavy (non-hydrogen) atoms. The highest BCUT2D eigenvalue weighted by Gasteiger charge is 2.09. The smallest absolute Gasteiger partial charge is 0.141 e. The summed E-state index contributed by atoms with van der Waals surface area (Å²) < 4.78 is 2.03. The molecule has 2 aromatic heterocycles. The van der Waals surface area contributed by atoms with Crippen LogP contribution in [0.25, 0.3) is 10.7 Å². The number of hydrogen-bond acceptors (Lipinski definition) is 4. The Morgan fingerprint density at radius 3 is 3.00 bits per heavy atom. The van der Waals surface area contributed by atoms with Crippen LogP contribution in [0.5, 0.6) is 0 Å². The van der Waals surface area contributed by atoms with Gasteiger partial charge in [-0.05, 0) is 25.5 Å². The van der Waals surface area contributed by atoms with Crippen LogP contribution in [0.4, 0.5) is 0 Å². The van der Waals surface area contributed by atoms with Gasteiger partial charge in [0.05, 0.1) is 5.69 Å². The standard InChI is InChI=1S/C13H20N4S/c1-3-6-14-9-11-10-15-13(18-11)12-5-7-16-17(12)8-4-2/h5,7,10,14H,3-4,6,8-9H2,1-2H3. The van der Waals surface area contributed by atoms with Crippen LogP contribution in [-0.2, 0) is 13.1 Å². The lowest BCUT2D eigenvalue weighted by molar-refractivity contribution is 0.609. The van der Waals surface area contributed by atoms with Crippen LogP contribution >= 0.6 is 11.3 Å². The van der Waals surface area contributed by atoms with E-state index < -0.39 is 0 Å². The molecule has 0 aliphatic heterocycles. The molecule has 98 valence electrons. The van der Waals surface area contributed by atoms with Gasteiger partial charge >= 0.3 is 0 Å². The summed E-state index contributed by atoms with van der Waals surface area (Å²) in [5, 5.41) is 8.80. The van der Waals surface area contributed by atoms with E-state index >= 15 is 0 Å². The van der Waals surface area contributed by atoms with E-state index in [2.05, 4.69) is 29.2 Å². The molecule has 0 aliphatic carbocycles. The monoisotopic (exact) mass is 264 g/mol. The largest absolute Gasteiger partial charge is 0.312 e. The van der Waals surface area contributed by atoms with Crippen molar-refractivity contribution in [3.8, 4) is 10.7 Å². The number of nitrogens with one attached hydrogen (secondary N) is 1. The molecule has 2 aromatic rings. The van der Waals surface area contributed by atoms with Crippen molar-refractivity contribution in [3.63, 3.8) is 0 Å². The Labute approximate surface area is 112 Å². The summed E-state index contributed by atoms with van der Waals surface area (Å²) in [6.07, 6.45) is 6.06. The highest BCUT2D eigenvalue weighted by Crippen LogP contribution is 2.24. The molecular formula is C13H20N4S. The van der Waals surface area contributed by atoms with Gasteiger partial charge in [0, 0.05) is 30.4 Å². The minimum atomic E-state index is 0.910. The highest BCUT2D eigenvalue weighted by molar-refractivity contribution is 7.15. The van der Waals surface area contributed by atoms with E-state index in [1.165, 1.54) is 4.88 Å². The van der Waals surface area contributed by atoms with E-state index in [-0.39, 0.29) is 0 Å². The fraction of sp³-hybridized carbons (Fsp3) is 0.538. The lowest BCUT2D eigenvalue weighted by atomic mass is 10.4. The summed E-state index contributed by atoms with van der Waals surface area (Å²) in [5.41, 5.74) is 1.13. The molecule has 2 rings (SSSR count). The number of rotatable bonds is 7. The van der Waals surface area contributed by atoms with Gasteiger partial charge in [0.25, 0.3) is 0 Å². The van der Waals surface area contributed by atoms with Gasteiger partial charge < -0.3 is 5.32 Å². The zero-order valence-corrected chi connectivity index (χ0v) is 11.8. The van der Waals surface area contributed by atoms with Gasteiger partial charge in [0.2, 0.25) is 0 Å². The molecule has 2 heterocycles. The molecule has 0 fully saturated rings. The van der Waals surface area contributed by atoms with Crippen LogP contribution in [0.3, 0.4) is 0 Å². The summed E-state index contributed by atoms with van der Waals surface area (Å²) in [7, 11) is 0. The second kappa shape index (κ2) is 6.66. The number of hydrogen-bond donors (Lipinski definition) is 1. The maximum atomic E-state index is 4.50.